The molecule has 4 nitrogen and oxygen atoms in total. The maximum absolute atomic E-state index is 11.0. The highest BCUT2D eigenvalue weighted by Gasteiger charge is 2.07. The number of rotatable bonds is 1. The maximum Gasteiger partial charge on any atom is 0.248 e. The van der Waals surface area contributed by atoms with Crippen LogP contribution in [-0.4, -0.2) is 15.7 Å². The van der Waals surface area contributed by atoms with Crippen molar-refractivity contribution in [3.8, 4) is 0 Å². The molecule has 1 amide bonds. The van der Waals surface area contributed by atoms with Crippen molar-refractivity contribution in [1.82, 2.24) is 9.78 Å². The van der Waals surface area contributed by atoms with Gasteiger partial charge in [-0.25, -0.2) is 0 Å². The van der Waals surface area contributed by atoms with E-state index in [4.69, 9.17) is 5.73 Å². The van der Waals surface area contributed by atoms with Gasteiger partial charge in [0.2, 0.25) is 5.91 Å². The number of carbonyl (C=O) groups is 1. The van der Waals surface area contributed by atoms with E-state index in [1.54, 1.807) is 16.8 Å². The Kier molecular flexibility index (Phi) is 1.77. The summed E-state index contributed by atoms with van der Waals surface area (Å²) in [4.78, 5) is 11.0. The summed E-state index contributed by atoms with van der Waals surface area (Å²) in [5, 5.41) is 5.31. The van der Waals surface area contributed by atoms with Gasteiger partial charge in [-0.05, 0) is 19.1 Å². The van der Waals surface area contributed by atoms with Crippen molar-refractivity contribution < 1.29 is 4.79 Å². The molecule has 0 bridgehead atoms. The van der Waals surface area contributed by atoms with Gasteiger partial charge >= 0.3 is 0 Å². The van der Waals surface area contributed by atoms with Gasteiger partial charge in [-0.1, -0.05) is 6.07 Å². The number of primary amides is 1. The fourth-order valence-electron chi connectivity index (χ4n) is 1.59. The molecule has 0 aliphatic heterocycles. The number of carbonyl (C=O) groups excluding carboxylic acids is 1. The van der Waals surface area contributed by atoms with E-state index in [0.29, 0.717) is 5.56 Å². The fraction of sp³-hybridized carbons (Fsp3) is 0.200. The zero-order valence-corrected chi connectivity index (χ0v) is 8.11. The third-order valence-electron chi connectivity index (χ3n) is 2.32. The summed E-state index contributed by atoms with van der Waals surface area (Å²) in [6.07, 6.45) is 0. The van der Waals surface area contributed by atoms with Gasteiger partial charge in [0.15, 0.2) is 0 Å². The predicted molar refractivity (Wildman–Crippen MR) is 54.0 cm³/mol. The first kappa shape index (κ1) is 8.74. The lowest BCUT2D eigenvalue weighted by molar-refractivity contribution is 0.100. The number of aromatic nitrogens is 2. The minimum Gasteiger partial charge on any atom is -0.366 e. The van der Waals surface area contributed by atoms with Gasteiger partial charge in [0.1, 0.15) is 0 Å². The number of amides is 1. The van der Waals surface area contributed by atoms with Crippen LogP contribution in [0.25, 0.3) is 10.9 Å². The maximum atomic E-state index is 11.0. The van der Waals surface area contributed by atoms with Crippen LogP contribution in [0, 0.1) is 6.92 Å². The average Bonchev–Trinajstić information content (AvgIpc) is 2.42. The normalized spacial score (nSPS) is 10.7. The van der Waals surface area contributed by atoms with E-state index in [-0.39, 0.29) is 0 Å². The lowest BCUT2D eigenvalue weighted by Crippen LogP contribution is -2.10. The number of hydrogen-bond donors (Lipinski definition) is 1. The first-order valence-corrected chi connectivity index (χ1v) is 4.33. The predicted octanol–water partition coefficient (Wildman–Crippen LogP) is 0.981. The van der Waals surface area contributed by atoms with Crippen LogP contribution in [-0.2, 0) is 7.05 Å². The molecule has 2 N–H and O–H groups in total. The van der Waals surface area contributed by atoms with E-state index >= 15 is 0 Å². The van der Waals surface area contributed by atoms with Crippen LogP contribution < -0.4 is 5.73 Å². The molecule has 0 unspecified atom stereocenters. The minimum absolute atomic E-state index is 0.411. The van der Waals surface area contributed by atoms with E-state index in [1.807, 2.05) is 20.0 Å². The molecule has 0 aliphatic carbocycles. The Morgan fingerprint density at radius 3 is 2.86 bits per heavy atom. The van der Waals surface area contributed by atoms with Gasteiger partial charge in [0.05, 0.1) is 11.2 Å². The molecular weight excluding hydrogens is 178 g/mol. The highest BCUT2D eigenvalue weighted by molar-refractivity contribution is 5.97. The Balaban J connectivity index is 2.77. The summed E-state index contributed by atoms with van der Waals surface area (Å²) >= 11 is 0. The van der Waals surface area contributed by atoms with E-state index in [1.165, 1.54) is 0 Å². The van der Waals surface area contributed by atoms with Crippen molar-refractivity contribution in [1.29, 1.82) is 0 Å². The zero-order chi connectivity index (χ0) is 10.3. The molecule has 0 saturated carbocycles. The van der Waals surface area contributed by atoms with Crippen LogP contribution in [0.3, 0.4) is 0 Å². The average molecular weight is 189 g/mol. The Bertz CT molecular complexity index is 513. The number of nitrogens with two attached hydrogens (primary N) is 1. The SMILES string of the molecule is Cc1nn(C)c2cc(C(N)=O)ccc12. The second-order valence-corrected chi connectivity index (χ2v) is 3.31. The molecule has 0 radical (unpaired) electrons. The molecule has 2 aromatic rings. The second kappa shape index (κ2) is 2.83. The summed E-state index contributed by atoms with van der Waals surface area (Å²) in [6.45, 7) is 1.94. The molecule has 0 atom stereocenters. The molecule has 0 fully saturated rings. The summed E-state index contributed by atoms with van der Waals surface area (Å²) in [7, 11) is 1.85. The largest absolute Gasteiger partial charge is 0.366 e. The molecule has 1 heterocycles. The first-order valence-electron chi connectivity index (χ1n) is 4.33. The summed E-state index contributed by atoms with van der Waals surface area (Å²) < 4.78 is 1.75. The van der Waals surface area contributed by atoms with Crippen molar-refractivity contribution in [3.63, 3.8) is 0 Å². The second-order valence-electron chi connectivity index (χ2n) is 3.31. The summed E-state index contributed by atoms with van der Waals surface area (Å²) in [5.74, 6) is -0.411. The summed E-state index contributed by atoms with van der Waals surface area (Å²) in [6, 6.07) is 5.36. The van der Waals surface area contributed by atoms with Crippen LogP contribution in [0.15, 0.2) is 18.2 Å². The number of fused-ring (bicyclic) bond motifs is 1. The monoisotopic (exact) mass is 189 g/mol. The molecule has 0 spiro atoms. The third-order valence-corrected chi connectivity index (χ3v) is 2.32. The number of benzene rings is 1. The van der Waals surface area contributed by atoms with E-state index in [9.17, 15) is 4.79 Å². The molecule has 0 aliphatic rings. The zero-order valence-electron chi connectivity index (χ0n) is 8.11. The molecule has 0 saturated heterocycles. The van der Waals surface area contributed by atoms with Gasteiger partial charge in [-0.2, -0.15) is 5.10 Å². The number of aryl methyl sites for hydroxylation is 2. The van der Waals surface area contributed by atoms with E-state index in [2.05, 4.69) is 5.10 Å². The van der Waals surface area contributed by atoms with Gasteiger partial charge in [0, 0.05) is 18.0 Å². The van der Waals surface area contributed by atoms with Gasteiger partial charge in [-0.15, -0.1) is 0 Å². The molecule has 4 heteroatoms. The lowest BCUT2D eigenvalue weighted by Gasteiger charge is -1.97. The third kappa shape index (κ3) is 1.16. The van der Waals surface area contributed by atoms with Crippen molar-refractivity contribution in [2.24, 2.45) is 12.8 Å². The Hall–Kier alpha value is -1.84. The fourth-order valence-corrected chi connectivity index (χ4v) is 1.59. The van der Waals surface area contributed by atoms with E-state index in [0.717, 1.165) is 16.6 Å². The topological polar surface area (TPSA) is 60.9 Å². The van der Waals surface area contributed by atoms with Crippen molar-refractivity contribution >= 4 is 16.8 Å². The molecule has 1 aromatic carbocycles. The molecule has 14 heavy (non-hydrogen) atoms. The van der Waals surface area contributed by atoms with Crippen molar-refractivity contribution in [2.45, 2.75) is 6.92 Å². The van der Waals surface area contributed by atoms with Crippen LogP contribution >= 0.6 is 0 Å². The minimum atomic E-state index is -0.411. The standard InChI is InChI=1S/C10H11N3O/c1-6-8-4-3-7(10(11)14)5-9(8)13(2)12-6/h3-5H,1-2H3,(H2,11,14). The van der Waals surface area contributed by atoms with Crippen LogP contribution in [0.1, 0.15) is 16.1 Å². The highest BCUT2D eigenvalue weighted by atomic mass is 16.1. The molecule has 1 aromatic heterocycles. The smallest absolute Gasteiger partial charge is 0.248 e. The summed E-state index contributed by atoms with van der Waals surface area (Å²) in [5.41, 5.74) is 7.59. The first-order chi connectivity index (χ1) is 6.59. The van der Waals surface area contributed by atoms with E-state index < -0.39 is 5.91 Å². The van der Waals surface area contributed by atoms with Gasteiger partial charge < -0.3 is 5.73 Å². The molecule has 72 valence electrons. The van der Waals surface area contributed by atoms with Crippen molar-refractivity contribution in [2.75, 3.05) is 0 Å². The number of nitrogens with zero attached hydrogens (tertiary/aromatic N) is 2. The Morgan fingerprint density at radius 1 is 1.50 bits per heavy atom. The highest BCUT2D eigenvalue weighted by Crippen LogP contribution is 2.18. The van der Waals surface area contributed by atoms with Gasteiger partial charge in [-0.3, -0.25) is 9.48 Å². The lowest BCUT2D eigenvalue weighted by atomic mass is 10.1. The van der Waals surface area contributed by atoms with Gasteiger partial charge in [0.25, 0.3) is 0 Å². The molecular formula is C10H11N3O. The van der Waals surface area contributed by atoms with Crippen molar-refractivity contribution in [3.05, 3.63) is 29.5 Å². The van der Waals surface area contributed by atoms with Crippen LogP contribution in [0.4, 0.5) is 0 Å². The van der Waals surface area contributed by atoms with Crippen LogP contribution in [0.5, 0.6) is 0 Å². The quantitative estimate of drug-likeness (QED) is 0.726. The number of hydrogen-bond acceptors (Lipinski definition) is 2. The Morgan fingerprint density at radius 2 is 2.21 bits per heavy atom. The Labute approximate surface area is 81.3 Å². The molecule has 2 rings (SSSR count). The van der Waals surface area contributed by atoms with Crippen LogP contribution in [0.2, 0.25) is 0 Å².